The van der Waals surface area contributed by atoms with E-state index < -0.39 is 28.6 Å². The normalized spacial score (nSPS) is 29.7. The number of aromatic nitrogens is 2. The predicted octanol–water partition coefficient (Wildman–Crippen LogP) is 3.48. The van der Waals surface area contributed by atoms with Gasteiger partial charge in [0.2, 0.25) is 5.82 Å². The Morgan fingerprint density at radius 3 is 2.71 bits per heavy atom. The lowest BCUT2D eigenvalue weighted by Crippen LogP contribution is -2.76. The summed E-state index contributed by atoms with van der Waals surface area (Å²) in [5.41, 5.74) is -0.757. The van der Waals surface area contributed by atoms with E-state index in [0.717, 1.165) is 29.8 Å². The molecule has 3 aromatic rings. The van der Waals surface area contributed by atoms with Crippen LogP contribution in [-0.4, -0.2) is 67.1 Å². The molecule has 10 heteroatoms. The molecule has 2 aliphatic heterocycles. The topological polar surface area (TPSA) is 141 Å². The maximum atomic E-state index is 14.0. The van der Waals surface area contributed by atoms with E-state index in [9.17, 15) is 20.1 Å². The number of aliphatic hydroxyl groups is 2. The molecule has 10 nitrogen and oxygen atoms in total. The Bertz CT molecular complexity index is 1650. The smallest absolute Gasteiger partial charge is 0.252 e. The first-order chi connectivity index (χ1) is 20.1. The summed E-state index contributed by atoms with van der Waals surface area (Å²) in [5, 5.41) is 42.4. The number of aliphatic hydroxyl groups excluding tert-OH is 1. The number of rotatable bonds is 6. The fraction of sp³-hybridized carbons (Fsp3) is 0.469. The van der Waals surface area contributed by atoms with E-state index >= 15 is 0 Å². The van der Waals surface area contributed by atoms with Gasteiger partial charge in [0.25, 0.3) is 11.8 Å². The molecule has 1 aromatic heterocycles. The summed E-state index contributed by atoms with van der Waals surface area (Å²) in [7, 11) is 0. The van der Waals surface area contributed by atoms with Crippen LogP contribution in [-0.2, 0) is 22.2 Å². The molecular formula is C32H34N4O6. The van der Waals surface area contributed by atoms with Crippen LogP contribution in [0, 0.1) is 5.92 Å². The molecule has 218 valence electrons. The average molecular weight is 571 g/mol. The first-order valence-corrected chi connectivity index (χ1v) is 14.7. The number of hydrogen-bond acceptors (Lipinski definition) is 9. The third kappa shape index (κ3) is 3.42. The van der Waals surface area contributed by atoms with E-state index in [1.807, 2.05) is 36.4 Å². The minimum absolute atomic E-state index is 0.0238. The van der Waals surface area contributed by atoms with Crippen molar-refractivity contribution in [3.05, 3.63) is 70.8 Å². The van der Waals surface area contributed by atoms with Gasteiger partial charge in [-0.2, -0.15) is 4.98 Å². The summed E-state index contributed by atoms with van der Waals surface area (Å²) in [6, 6.07) is 12.7. The lowest BCUT2D eigenvalue weighted by atomic mass is 9.49. The van der Waals surface area contributed by atoms with Crippen molar-refractivity contribution in [3.63, 3.8) is 0 Å². The number of amides is 1. The van der Waals surface area contributed by atoms with Crippen molar-refractivity contribution in [1.29, 1.82) is 0 Å². The van der Waals surface area contributed by atoms with E-state index in [2.05, 4.69) is 20.4 Å². The first kappa shape index (κ1) is 25.8. The van der Waals surface area contributed by atoms with Crippen molar-refractivity contribution >= 4 is 5.91 Å². The molecule has 2 bridgehead atoms. The summed E-state index contributed by atoms with van der Waals surface area (Å²) in [6.07, 6.45) is 2.49. The van der Waals surface area contributed by atoms with Crippen LogP contribution >= 0.6 is 0 Å². The number of hydrogen-bond donors (Lipinski definition) is 4. The summed E-state index contributed by atoms with van der Waals surface area (Å²) in [5.74, 6) is 0.777. The highest BCUT2D eigenvalue weighted by Crippen LogP contribution is 2.66. The zero-order chi connectivity index (χ0) is 29.0. The average Bonchev–Trinajstić information content (AvgIpc) is 3.48. The van der Waals surface area contributed by atoms with E-state index in [-0.39, 0.29) is 35.4 Å². The van der Waals surface area contributed by atoms with Crippen molar-refractivity contribution in [2.75, 3.05) is 13.1 Å². The molecule has 2 aromatic carbocycles. The molecule has 1 saturated heterocycles. The highest BCUT2D eigenvalue weighted by atomic mass is 16.5. The van der Waals surface area contributed by atoms with Gasteiger partial charge in [0, 0.05) is 30.1 Å². The van der Waals surface area contributed by atoms with Gasteiger partial charge in [-0.15, -0.1) is 0 Å². The Labute approximate surface area is 243 Å². The number of nitrogens with zero attached hydrogens (tertiary/aromatic N) is 3. The Kier molecular flexibility index (Phi) is 5.27. The number of benzene rings is 2. The van der Waals surface area contributed by atoms with Gasteiger partial charge in [-0.25, -0.2) is 0 Å². The van der Waals surface area contributed by atoms with E-state index in [0.29, 0.717) is 30.3 Å². The zero-order valence-corrected chi connectivity index (χ0v) is 23.6. The number of ether oxygens (including phenoxy) is 1. The van der Waals surface area contributed by atoms with Crippen molar-refractivity contribution < 1.29 is 29.4 Å². The van der Waals surface area contributed by atoms with Gasteiger partial charge in [-0.3, -0.25) is 9.69 Å². The Hall–Kier alpha value is -3.89. The SMILES string of the molecule is CC(C)(NC(=O)C1=C(O)[C@@H]2Oc3c(O)ccc4c3[C@@]23CCN(CC2CC2)[C@H](C4)[C@]3(O)C1)c1nc(-c2ccccc2)no1. The lowest BCUT2D eigenvalue weighted by Gasteiger charge is -2.62. The highest BCUT2D eigenvalue weighted by molar-refractivity contribution is 5.95. The molecule has 4 atom stereocenters. The maximum absolute atomic E-state index is 14.0. The molecule has 8 rings (SSSR count). The van der Waals surface area contributed by atoms with Gasteiger partial charge < -0.3 is 29.9 Å². The Morgan fingerprint density at radius 2 is 1.95 bits per heavy atom. The summed E-state index contributed by atoms with van der Waals surface area (Å²) >= 11 is 0. The second kappa shape index (κ2) is 8.58. The minimum Gasteiger partial charge on any atom is -0.508 e. The van der Waals surface area contributed by atoms with Crippen LogP contribution < -0.4 is 10.1 Å². The van der Waals surface area contributed by atoms with Gasteiger partial charge >= 0.3 is 0 Å². The van der Waals surface area contributed by atoms with Gasteiger partial charge in [-0.05, 0) is 63.6 Å². The van der Waals surface area contributed by atoms with Gasteiger partial charge in [0.15, 0.2) is 17.6 Å². The second-order valence-electron chi connectivity index (χ2n) is 13.2. The molecule has 3 heterocycles. The van der Waals surface area contributed by atoms with E-state index in [1.165, 1.54) is 12.8 Å². The Morgan fingerprint density at radius 1 is 1.17 bits per heavy atom. The molecule has 0 unspecified atom stereocenters. The molecule has 5 aliphatic rings. The minimum atomic E-state index is -1.38. The molecule has 4 N–H and O–H groups in total. The number of carbonyl (C=O) groups is 1. The summed E-state index contributed by atoms with van der Waals surface area (Å²) in [4.78, 5) is 20.9. The maximum Gasteiger partial charge on any atom is 0.252 e. The molecule has 2 fully saturated rings. The largest absolute Gasteiger partial charge is 0.508 e. The van der Waals surface area contributed by atoms with Crippen LogP contribution in [0.2, 0.25) is 0 Å². The third-order valence-corrected chi connectivity index (χ3v) is 10.2. The van der Waals surface area contributed by atoms with Crippen LogP contribution in [0.5, 0.6) is 11.5 Å². The molecule has 1 amide bonds. The van der Waals surface area contributed by atoms with Crippen LogP contribution in [0.1, 0.15) is 56.5 Å². The predicted molar refractivity (Wildman–Crippen MR) is 151 cm³/mol. The monoisotopic (exact) mass is 570 g/mol. The fourth-order valence-electron chi connectivity index (χ4n) is 7.96. The van der Waals surface area contributed by atoms with E-state index in [1.54, 1.807) is 19.9 Å². The number of carbonyl (C=O) groups excluding carboxylic acids is 1. The number of phenolic OH excluding ortho intramolecular Hbond substituents is 1. The molecule has 3 aliphatic carbocycles. The lowest BCUT2D eigenvalue weighted by molar-refractivity contribution is -0.172. The van der Waals surface area contributed by atoms with Crippen LogP contribution in [0.15, 0.2) is 58.3 Å². The van der Waals surface area contributed by atoms with Gasteiger partial charge in [0.05, 0.1) is 16.6 Å². The number of phenols is 1. The second-order valence-corrected chi connectivity index (χ2v) is 13.2. The highest BCUT2D eigenvalue weighted by Gasteiger charge is 2.73. The zero-order valence-electron chi connectivity index (χ0n) is 23.6. The molecular weight excluding hydrogens is 536 g/mol. The summed E-state index contributed by atoms with van der Waals surface area (Å²) < 4.78 is 11.9. The molecule has 1 saturated carbocycles. The molecule has 0 radical (unpaired) electrons. The number of likely N-dealkylation sites (tertiary alicyclic amines) is 1. The molecule has 1 spiro atoms. The van der Waals surface area contributed by atoms with Crippen molar-refractivity contribution in [2.24, 2.45) is 5.92 Å². The van der Waals surface area contributed by atoms with Crippen molar-refractivity contribution in [1.82, 2.24) is 20.4 Å². The van der Waals surface area contributed by atoms with Gasteiger partial charge in [-0.1, -0.05) is 41.6 Å². The number of piperidine rings is 1. The quantitative estimate of drug-likeness (QED) is 0.351. The van der Waals surface area contributed by atoms with Crippen LogP contribution in [0.4, 0.5) is 0 Å². The summed E-state index contributed by atoms with van der Waals surface area (Å²) in [6.45, 7) is 5.16. The Balaban J connectivity index is 1.17. The molecule has 42 heavy (non-hydrogen) atoms. The first-order valence-electron chi connectivity index (χ1n) is 14.7. The van der Waals surface area contributed by atoms with Gasteiger partial charge in [0.1, 0.15) is 11.3 Å². The van der Waals surface area contributed by atoms with E-state index in [4.69, 9.17) is 9.26 Å². The fourth-order valence-corrected chi connectivity index (χ4v) is 7.96. The number of aromatic hydroxyl groups is 1. The van der Waals surface area contributed by atoms with Crippen LogP contribution in [0.3, 0.4) is 0 Å². The standard InChI is InChI=1S/C32H34N4O6/c1-30(2,29-33-27(35-42-29)18-6-4-3-5-7-18)34-28(39)20-15-32(40)22-14-19-10-11-21(37)25-23(19)31(32,26(41-25)24(20)38)12-13-36(22)16-17-8-9-17/h3-7,10-11,17,22,26,37-38,40H,8-9,12-16H2,1-2H3,(H,34,39)/t22-,26+,31+,32-/m1/s1. The van der Waals surface area contributed by atoms with Crippen molar-refractivity contribution in [2.45, 2.75) is 74.7 Å². The third-order valence-electron chi connectivity index (χ3n) is 10.2. The number of nitrogens with one attached hydrogen (secondary N) is 1. The van der Waals surface area contributed by atoms with Crippen molar-refractivity contribution in [3.8, 4) is 22.9 Å². The van der Waals surface area contributed by atoms with Crippen LogP contribution in [0.25, 0.3) is 11.4 Å².